The number of urea groups is 1. The molecule has 2 rings (SSSR count). The third-order valence-corrected chi connectivity index (χ3v) is 2.88. The lowest BCUT2D eigenvalue weighted by Crippen LogP contribution is -2.36. The Labute approximate surface area is 123 Å². The molecule has 7 heteroatoms. The van der Waals surface area contributed by atoms with E-state index < -0.39 is 0 Å². The van der Waals surface area contributed by atoms with Gasteiger partial charge in [-0.3, -0.25) is 9.67 Å². The minimum absolute atomic E-state index is 0.239. The summed E-state index contributed by atoms with van der Waals surface area (Å²) in [5.74, 6) is 0. The van der Waals surface area contributed by atoms with Crippen molar-refractivity contribution in [3.63, 3.8) is 0 Å². The summed E-state index contributed by atoms with van der Waals surface area (Å²) in [5, 5.41) is 9.80. The van der Waals surface area contributed by atoms with Crippen LogP contribution in [0.25, 0.3) is 11.4 Å². The first kappa shape index (κ1) is 15.0. The number of carbonyl (C=O) groups excluding carboxylic acids is 1. The monoisotopic (exact) mass is 289 g/mol. The summed E-state index contributed by atoms with van der Waals surface area (Å²) in [6, 6.07) is 7.39. The topological polar surface area (TPSA) is 81.1 Å². The molecule has 0 radical (unpaired) electrons. The number of hydrogen-bond donors (Lipinski definition) is 2. The van der Waals surface area contributed by atoms with Crippen molar-refractivity contribution in [1.29, 1.82) is 0 Å². The molecule has 0 aliphatic carbocycles. The van der Waals surface area contributed by atoms with E-state index in [0.717, 1.165) is 17.1 Å². The van der Waals surface area contributed by atoms with Gasteiger partial charge in [0.15, 0.2) is 0 Å². The number of ether oxygens (including phenoxy) is 1. The number of hydrogen-bond acceptors (Lipinski definition) is 4. The Morgan fingerprint density at radius 3 is 2.95 bits per heavy atom. The molecular formula is C14H19N5O2. The molecule has 0 aliphatic heterocycles. The van der Waals surface area contributed by atoms with Crippen LogP contribution in [0, 0.1) is 0 Å². The van der Waals surface area contributed by atoms with Crippen molar-refractivity contribution < 1.29 is 9.53 Å². The number of methoxy groups -OCH3 is 1. The normalized spacial score (nSPS) is 10.4. The van der Waals surface area contributed by atoms with Crippen molar-refractivity contribution in [2.75, 3.05) is 20.3 Å². The maximum absolute atomic E-state index is 11.5. The second-order valence-corrected chi connectivity index (χ2v) is 4.46. The summed E-state index contributed by atoms with van der Waals surface area (Å²) in [7, 11) is 3.44. The summed E-state index contributed by atoms with van der Waals surface area (Å²) in [6.45, 7) is 1.32. The van der Waals surface area contributed by atoms with Crippen molar-refractivity contribution >= 4 is 6.03 Å². The minimum atomic E-state index is -0.239. The van der Waals surface area contributed by atoms with E-state index in [0.29, 0.717) is 19.7 Å². The molecule has 0 unspecified atom stereocenters. The Hall–Kier alpha value is -2.41. The van der Waals surface area contributed by atoms with Crippen molar-refractivity contribution in [3.05, 3.63) is 36.2 Å². The average molecular weight is 289 g/mol. The lowest BCUT2D eigenvalue weighted by atomic mass is 10.2. The van der Waals surface area contributed by atoms with Gasteiger partial charge in [0.2, 0.25) is 0 Å². The number of nitrogens with one attached hydrogen (secondary N) is 2. The predicted molar refractivity (Wildman–Crippen MR) is 78.6 cm³/mol. The van der Waals surface area contributed by atoms with Crippen LogP contribution in [0.15, 0.2) is 30.5 Å². The van der Waals surface area contributed by atoms with Crippen LogP contribution in [0.1, 0.15) is 5.69 Å². The SMILES string of the molecule is COCCNC(=O)NCc1cc(-c2ccccn2)n(C)n1. The second kappa shape index (κ2) is 7.39. The smallest absolute Gasteiger partial charge is 0.315 e. The first-order chi connectivity index (χ1) is 10.2. The van der Waals surface area contributed by atoms with Gasteiger partial charge in [-0.2, -0.15) is 5.10 Å². The van der Waals surface area contributed by atoms with Gasteiger partial charge in [0.05, 0.1) is 30.2 Å². The number of aryl methyl sites for hydroxylation is 1. The van der Waals surface area contributed by atoms with Gasteiger partial charge in [-0.15, -0.1) is 0 Å². The zero-order valence-electron chi connectivity index (χ0n) is 12.2. The fraction of sp³-hybridized carbons (Fsp3) is 0.357. The molecule has 0 aliphatic rings. The number of amides is 2. The maximum Gasteiger partial charge on any atom is 0.315 e. The van der Waals surface area contributed by atoms with E-state index in [-0.39, 0.29) is 6.03 Å². The van der Waals surface area contributed by atoms with Crippen LogP contribution in [0.5, 0.6) is 0 Å². The molecule has 0 saturated carbocycles. The van der Waals surface area contributed by atoms with Gasteiger partial charge in [-0.1, -0.05) is 6.07 Å². The van der Waals surface area contributed by atoms with Crippen LogP contribution >= 0.6 is 0 Å². The van der Waals surface area contributed by atoms with Crippen LogP contribution in [-0.4, -0.2) is 41.1 Å². The molecule has 0 fully saturated rings. The van der Waals surface area contributed by atoms with Gasteiger partial charge in [0, 0.05) is 26.9 Å². The van der Waals surface area contributed by atoms with Gasteiger partial charge in [0.25, 0.3) is 0 Å². The fourth-order valence-corrected chi connectivity index (χ4v) is 1.87. The number of pyridine rings is 1. The molecule has 0 atom stereocenters. The number of carbonyl (C=O) groups is 1. The molecule has 0 spiro atoms. The van der Waals surface area contributed by atoms with Crippen LogP contribution in [0.2, 0.25) is 0 Å². The highest BCUT2D eigenvalue weighted by molar-refractivity contribution is 5.73. The highest BCUT2D eigenvalue weighted by Crippen LogP contribution is 2.16. The Balaban J connectivity index is 1.92. The standard InChI is InChI=1S/C14H19N5O2/c1-19-13(12-5-3-4-6-15-12)9-11(18-19)10-17-14(20)16-7-8-21-2/h3-6,9H,7-8,10H2,1-2H3,(H2,16,17,20). The van der Waals surface area contributed by atoms with E-state index in [1.807, 2.05) is 31.3 Å². The largest absolute Gasteiger partial charge is 0.383 e. The molecule has 21 heavy (non-hydrogen) atoms. The summed E-state index contributed by atoms with van der Waals surface area (Å²) in [5.41, 5.74) is 2.54. The van der Waals surface area contributed by atoms with Gasteiger partial charge in [-0.05, 0) is 18.2 Å². The van der Waals surface area contributed by atoms with E-state index in [1.54, 1.807) is 18.0 Å². The Morgan fingerprint density at radius 2 is 2.24 bits per heavy atom. The molecular weight excluding hydrogens is 270 g/mol. The van der Waals surface area contributed by atoms with Crippen molar-refractivity contribution in [2.24, 2.45) is 7.05 Å². The van der Waals surface area contributed by atoms with Crippen molar-refractivity contribution in [3.8, 4) is 11.4 Å². The zero-order valence-corrected chi connectivity index (χ0v) is 12.2. The summed E-state index contributed by atoms with van der Waals surface area (Å²) in [4.78, 5) is 15.8. The van der Waals surface area contributed by atoms with Crippen molar-refractivity contribution in [1.82, 2.24) is 25.4 Å². The number of nitrogens with zero attached hydrogens (tertiary/aromatic N) is 3. The van der Waals surface area contributed by atoms with E-state index in [9.17, 15) is 4.79 Å². The molecule has 2 aromatic rings. The van der Waals surface area contributed by atoms with Gasteiger partial charge in [0.1, 0.15) is 0 Å². The molecule has 0 saturated heterocycles. The van der Waals surface area contributed by atoms with Gasteiger partial charge < -0.3 is 15.4 Å². The lowest BCUT2D eigenvalue weighted by molar-refractivity contribution is 0.196. The lowest BCUT2D eigenvalue weighted by Gasteiger charge is -2.05. The van der Waals surface area contributed by atoms with Crippen LogP contribution < -0.4 is 10.6 Å². The molecule has 2 heterocycles. The number of rotatable bonds is 6. The first-order valence-electron chi connectivity index (χ1n) is 6.65. The van der Waals surface area contributed by atoms with E-state index >= 15 is 0 Å². The van der Waals surface area contributed by atoms with Crippen molar-refractivity contribution in [2.45, 2.75) is 6.54 Å². The maximum atomic E-state index is 11.5. The highest BCUT2D eigenvalue weighted by Gasteiger charge is 2.09. The van der Waals surface area contributed by atoms with Crippen LogP contribution in [0.4, 0.5) is 4.79 Å². The van der Waals surface area contributed by atoms with Gasteiger partial charge in [-0.25, -0.2) is 4.79 Å². The molecule has 7 nitrogen and oxygen atoms in total. The molecule has 0 bridgehead atoms. The number of aromatic nitrogens is 3. The molecule has 2 aromatic heterocycles. The third-order valence-electron chi connectivity index (χ3n) is 2.88. The quantitative estimate of drug-likeness (QED) is 0.775. The first-order valence-corrected chi connectivity index (χ1v) is 6.65. The summed E-state index contributed by atoms with van der Waals surface area (Å²) < 4.78 is 6.61. The second-order valence-electron chi connectivity index (χ2n) is 4.46. The average Bonchev–Trinajstić information content (AvgIpc) is 2.87. The summed E-state index contributed by atoms with van der Waals surface area (Å²) >= 11 is 0. The molecule has 112 valence electrons. The zero-order chi connectivity index (χ0) is 15.1. The van der Waals surface area contributed by atoms with Crippen LogP contribution in [-0.2, 0) is 18.3 Å². The Bertz CT molecular complexity index is 582. The molecule has 2 N–H and O–H groups in total. The molecule has 0 aromatic carbocycles. The highest BCUT2D eigenvalue weighted by atomic mass is 16.5. The fourth-order valence-electron chi connectivity index (χ4n) is 1.87. The van der Waals surface area contributed by atoms with E-state index in [4.69, 9.17) is 4.74 Å². The Kier molecular flexibility index (Phi) is 5.28. The van der Waals surface area contributed by atoms with E-state index in [2.05, 4.69) is 20.7 Å². The van der Waals surface area contributed by atoms with Crippen LogP contribution in [0.3, 0.4) is 0 Å². The van der Waals surface area contributed by atoms with E-state index in [1.165, 1.54) is 0 Å². The van der Waals surface area contributed by atoms with Gasteiger partial charge >= 0.3 is 6.03 Å². The minimum Gasteiger partial charge on any atom is -0.383 e. The molecule has 2 amide bonds. The summed E-state index contributed by atoms with van der Waals surface area (Å²) in [6.07, 6.45) is 1.74. The Morgan fingerprint density at radius 1 is 1.38 bits per heavy atom. The predicted octanol–water partition coefficient (Wildman–Crippen LogP) is 0.928. The third kappa shape index (κ3) is 4.28.